The Bertz CT molecular complexity index is 1070. The first-order valence-electron chi connectivity index (χ1n) is 11.4. The first-order valence-corrected chi connectivity index (χ1v) is 11.4. The van der Waals surface area contributed by atoms with Crippen LogP contribution in [0.4, 0.5) is 25.0 Å². The van der Waals surface area contributed by atoms with Crippen molar-refractivity contribution in [1.29, 1.82) is 0 Å². The number of hydrogen-bond acceptors (Lipinski definition) is 5. The second kappa shape index (κ2) is 11.5. The molecular weight excluding hydrogens is 458 g/mol. The highest BCUT2D eigenvalue weighted by molar-refractivity contribution is 6.02. The summed E-state index contributed by atoms with van der Waals surface area (Å²) in [6.45, 7) is 5.63. The molecule has 1 heterocycles. The number of nitrogens with one attached hydrogen (secondary N) is 2. The van der Waals surface area contributed by atoms with Crippen LogP contribution in [0.15, 0.2) is 36.4 Å². The fourth-order valence-corrected chi connectivity index (χ4v) is 3.91. The zero-order valence-electron chi connectivity index (χ0n) is 20.6. The zero-order valence-corrected chi connectivity index (χ0v) is 20.6. The second-order valence-electron chi connectivity index (χ2n) is 8.95. The zero-order chi connectivity index (χ0) is 25.7. The van der Waals surface area contributed by atoms with Crippen molar-refractivity contribution >= 4 is 23.3 Å². The number of rotatable bonds is 3. The number of carbonyl (C=O) groups is 2. The van der Waals surface area contributed by atoms with Crippen molar-refractivity contribution in [3.63, 3.8) is 0 Å². The summed E-state index contributed by atoms with van der Waals surface area (Å²) in [6, 6.07) is 6.74. The smallest absolute Gasteiger partial charge is 0.323 e. The Morgan fingerprint density at radius 1 is 1.09 bits per heavy atom. The number of hydrogen-bond donors (Lipinski definition) is 2. The lowest BCUT2D eigenvalue weighted by molar-refractivity contribution is 0.0150. The van der Waals surface area contributed by atoms with Crippen LogP contribution in [0.5, 0.6) is 5.75 Å². The molecule has 2 aromatic rings. The second-order valence-corrected chi connectivity index (χ2v) is 8.95. The molecule has 35 heavy (non-hydrogen) atoms. The van der Waals surface area contributed by atoms with Gasteiger partial charge in [0.25, 0.3) is 5.91 Å². The van der Waals surface area contributed by atoms with E-state index in [-0.39, 0.29) is 40.9 Å². The van der Waals surface area contributed by atoms with Crippen LogP contribution in [0.1, 0.15) is 24.2 Å². The molecule has 2 aromatic carbocycles. The Hall–Kier alpha value is -3.24. The molecule has 0 unspecified atom stereocenters. The third-order valence-electron chi connectivity index (χ3n) is 6.19. The predicted octanol–water partition coefficient (Wildman–Crippen LogP) is 4.04. The summed E-state index contributed by atoms with van der Waals surface area (Å²) >= 11 is 0. The lowest BCUT2D eigenvalue weighted by Crippen LogP contribution is -2.45. The molecule has 0 saturated heterocycles. The Labute approximate surface area is 204 Å². The van der Waals surface area contributed by atoms with Gasteiger partial charge < -0.3 is 25.0 Å². The van der Waals surface area contributed by atoms with Crippen LogP contribution >= 0.6 is 0 Å². The molecule has 2 N–H and O–H groups in total. The maximum Gasteiger partial charge on any atom is 0.323 e. The van der Waals surface area contributed by atoms with Gasteiger partial charge in [-0.2, -0.15) is 0 Å². The highest BCUT2D eigenvalue weighted by atomic mass is 19.1. The van der Waals surface area contributed by atoms with Gasteiger partial charge in [-0.3, -0.25) is 9.69 Å². The first-order chi connectivity index (χ1) is 16.6. The minimum Gasteiger partial charge on any atom is -0.491 e. The number of likely N-dealkylation sites (N-methyl/N-ethyl adjacent to an activating group) is 2. The standard InChI is InChI=1S/C25H32F2N4O4/c1-15-12-30(3)16(2)14-35-22-9-7-18(11-19(22)24(32)31(4)13-23(15)34-5)28-25(33)29-21-10-17(26)6-8-20(21)27/h6-11,15-16,23H,12-14H2,1-5H3,(H2,28,29,33)/t15-,16-,23+/m0/s1. The quantitative estimate of drug-likeness (QED) is 0.679. The van der Waals surface area contributed by atoms with Gasteiger partial charge >= 0.3 is 6.03 Å². The van der Waals surface area contributed by atoms with Crippen LogP contribution in [0.25, 0.3) is 0 Å². The van der Waals surface area contributed by atoms with Crippen molar-refractivity contribution in [1.82, 2.24) is 9.80 Å². The van der Waals surface area contributed by atoms with E-state index < -0.39 is 17.7 Å². The van der Waals surface area contributed by atoms with Gasteiger partial charge in [0, 0.05) is 45.0 Å². The molecule has 190 valence electrons. The van der Waals surface area contributed by atoms with Crippen LogP contribution in [0, 0.1) is 17.6 Å². The summed E-state index contributed by atoms with van der Waals surface area (Å²) in [5, 5.41) is 4.82. The topological polar surface area (TPSA) is 83.1 Å². The van der Waals surface area contributed by atoms with E-state index in [9.17, 15) is 18.4 Å². The summed E-state index contributed by atoms with van der Waals surface area (Å²) in [6.07, 6.45) is -0.171. The minimum atomic E-state index is -0.784. The fraction of sp³-hybridized carbons (Fsp3) is 0.440. The lowest BCUT2D eigenvalue weighted by Gasteiger charge is -2.34. The first kappa shape index (κ1) is 26.4. The summed E-state index contributed by atoms with van der Waals surface area (Å²) in [7, 11) is 5.34. The third-order valence-corrected chi connectivity index (χ3v) is 6.19. The number of nitrogens with zero attached hydrogens (tertiary/aromatic N) is 2. The number of anilines is 2. The number of benzene rings is 2. The van der Waals surface area contributed by atoms with Gasteiger partial charge in [-0.15, -0.1) is 0 Å². The van der Waals surface area contributed by atoms with E-state index in [1.807, 2.05) is 14.0 Å². The predicted molar refractivity (Wildman–Crippen MR) is 130 cm³/mol. The van der Waals surface area contributed by atoms with Crippen LogP contribution in [-0.4, -0.2) is 74.8 Å². The van der Waals surface area contributed by atoms with Gasteiger partial charge in [0.05, 0.1) is 17.4 Å². The molecule has 0 radical (unpaired) electrons. The number of urea groups is 1. The molecule has 0 spiro atoms. The number of carbonyl (C=O) groups excluding carboxylic acids is 2. The molecule has 3 atom stereocenters. The monoisotopic (exact) mass is 490 g/mol. The Morgan fingerprint density at radius 3 is 2.54 bits per heavy atom. The van der Waals surface area contributed by atoms with Gasteiger partial charge in [-0.1, -0.05) is 6.92 Å². The fourth-order valence-electron chi connectivity index (χ4n) is 3.91. The summed E-state index contributed by atoms with van der Waals surface area (Å²) < 4.78 is 38.9. The normalized spacial score (nSPS) is 21.9. The van der Waals surface area contributed by atoms with Crippen LogP contribution in [0.3, 0.4) is 0 Å². The van der Waals surface area contributed by atoms with Gasteiger partial charge in [-0.25, -0.2) is 13.6 Å². The van der Waals surface area contributed by atoms with Crippen molar-refractivity contribution in [3.8, 4) is 5.75 Å². The molecule has 1 aliphatic heterocycles. The molecule has 0 fully saturated rings. The molecular formula is C25H32F2N4O4. The van der Waals surface area contributed by atoms with E-state index in [1.165, 1.54) is 6.07 Å². The van der Waals surface area contributed by atoms with E-state index in [4.69, 9.17) is 9.47 Å². The van der Waals surface area contributed by atoms with E-state index in [2.05, 4.69) is 22.5 Å². The molecule has 3 amide bonds. The number of fused-ring (bicyclic) bond motifs is 1. The maximum absolute atomic E-state index is 13.9. The SMILES string of the molecule is CO[C@@H]1CN(C)C(=O)c2cc(NC(=O)Nc3cc(F)ccc3F)ccc2OC[C@H](C)N(C)C[C@@H]1C. The summed E-state index contributed by atoms with van der Waals surface area (Å²) in [5.41, 5.74) is 0.253. The third kappa shape index (κ3) is 6.67. The number of ether oxygens (including phenoxy) is 2. The Balaban J connectivity index is 1.86. The number of methoxy groups -OCH3 is 1. The summed E-state index contributed by atoms with van der Waals surface area (Å²) in [5.74, 6) is -1.20. The molecule has 0 saturated carbocycles. The number of halogens is 2. The van der Waals surface area contributed by atoms with Crippen molar-refractivity contribution in [2.75, 3.05) is 51.5 Å². The van der Waals surface area contributed by atoms with Crippen molar-refractivity contribution in [2.45, 2.75) is 26.0 Å². The van der Waals surface area contributed by atoms with E-state index in [0.29, 0.717) is 18.9 Å². The Morgan fingerprint density at radius 2 is 1.83 bits per heavy atom. The number of amides is 3. The molecule has 1 aliphatic rings. The molecule has 0 aromatic heterocycles. The summed E-state index contributed by atoms with van der Waals surface area (Å²) in [4.78, 5) is 29.5. The van der Waals surface area contributed by atoms with Crippen LogP contribution in [-0.2, 0) is 4.74 Å². The maximum atomic E-state index is 13.9. The van der Waals surface area contributed by atoms with Crippen LogP contribution in [0.2, 0.25) is 0 Å². The highest BCUT2D eigenvalue weighted by Crippen LogP contribution is 2.26. The van der Waals surface area contributed by atoms with E-state index in [0.717, 1.165) is 24.7 Å². The average molecular weight is 491 g/mol. The largest absolute Gasteiger partial charge is 0.491 e. The molecule has 10 heteroatoms. The van der Waals surface area contributed by atoms with Gasteiger partial charge in [0.1, 0.15) is 24.0 Å². The van der Waals surface area contributed by atoms with Gasteiger partial charge in [0.15, 0.2) is 0 Å². The molecule has 0 aliphatic carbocycles. The Kier molecular flexibility index (Phi) is 8.63. The van der Waals surface area contributed by atoms with Crippen molar-refractivity contribution in [2.24, 2.45) is 5.92 Å². The van der Waals surface area contributed by atoms with Gasteiger partial charge in [0.2, 0.25) is 0 Å². The average Bonchev–Trinajstić information content (AvgIpc) is 2.82. The minimum absolute atomic E-state index is 0.0832. The highest BCUT2D eigenvalue weighted by Gasteiger charge is 2.27. The molecule has 3 rings (SSSR count). The van der Waals surface area contributed by atoms with Crippen molar-refractivity contribution < 1.29 is 27.8 Å². The van der Waals surface area contributed by atoms with E-state index >= 15 is 0 Å². The van der Waals surface area contributed by atoms with Crippen LogP contribution < -0.4 is 15.4 Å². The molecule has 8 nitrogen and oxygen atoms in total. The van der Waals surface area contributed by atoms with E-state index in [1.54, 1.807) is 31.2 Å². The van der Waals surface area contributed by atoms with Crippen molar-refractivity contribution in [3.05, 3.63) is 53.6 Å². The van der Waals surface area contributed by atoms with Gasteiger partial charge in [-0.05, 0) is 50.2 Å². The molecule has 0 bridgehead atoms. The lowest BCUT2D eigenvalue weighted by atomic mass is 10.0.